The first kappa shape index (κ1) is 29.0. The zero-order chi connectivity index (χ0) is 25.0. The van der Waals surface area contributed by atoms with E-state index in [0.29, 0.717) is 6.42 Å². The molecule has 0 saturated heterocycles. The summed E-state index contributed by atoms with van der Waals surface area (Å²) in [4.78, 5) is 30.6. The smallest absolute Gasteiger partial charge is 0.475 e. The molecular formula is C21H31F3N2O6P+. The zero-order valence-corrected chi connectivity index (χ0v) is 19.0. The standard InChI is InChI=1S/C19H29N2O4P.C2HF3O2/c20-17(11-14-7-3-1-4-8-14)19(23)21-13-16(22)12-18(26(24)25)15-9-5-2-6-10-15;3-2(4,5)1(6)7/h1,3-4,7-8,15-18,22H,2,5-6,9-13,20H2,(H-,21,23,24,25);(H,6,7)/p+1/t16-,17+,18?;/m1./s1. The van der Waals surface area contributed by atoms with Crippen LogP contribution in [-0.2, 0) is 20.6 Å². The second-order valence-electron chi connectivity index (χ2n) is 8.00. The fraction of sp³-hybridized carbons (Fsp3) is 0.619. The largest absolute Gasteiger partial charge is 0.509 e. The van der Waals surface area contributed by atoms with Crippen molar-refractivity contribution in [3.63, 3.8) is 0 Å². The zero-order valence-electron chi connectivity index (χ0n) is 18.1. The third kappa shape index (κ3) is 11.6. The van der Waals surface area contributed by atoms with Gasteiger partial charge < -0.3 is 21.3 Å². The highest BCUT2D eigenvalue weighted by Crippen LogP contribution is 2.40. The van der Waals surface area contributed by atoms with Gasteiger partial charge in [-0.05, 0) is 29.4 Å². The quantitative estimate of drug-likeness (QED) is 0.331. The van der Waals surface area contributed by atoms with Crippen LogP contribution in [0.2, 0.25) is 0 Å². The summed E-state index contributed by atoms with van der Waals surface area (Å²) in [6, 6.07) is 8.83. The van der Waals surface area contributed by atoms with Crippen molar-refractivity contribution in [3.8, 4) is 0 Å². The summed E-state index contributed by atoms with van der Waals surface area (Å²) in [6.45, 7) is 0.0493. The Kier molecular flexibility index (Phi) is 12.5. The van der Waals surface area contributed by atoms with E-state index in [9.17, 15) is 32.5 Å². The number of benzene rings is 1. The van der Waals surface area contributed by atoms with Crippen LogP contribution in [0.25, 0.3) is 0 Å². The van der Waals surface area contributed by atoms with E-state index < -0.39 is 38.0 Å². The van der Waals surface area contributed by atoms with Crippen molar-refractivity contribution in [2.75, 3.05) is 6.54 Å². The molecule has 186 valence electrons. The summed E-state index contributed by atoms with van der Waals surface area (Å²) < 4.78 is 43.4. The number of amides is 1. The van der Waals surface area contributed by atoms with Gasteiger partial charge in [-0.25, -0.2) is 4.79 Å². The number of carboxylic acid groups (broad SMARTS) is 1. The highest BCUT2D eigenvalue weighted by Gasteiger charge is 2.39. The lowest BCUT2D eigenvalue weighted by Crippen LogP contribution is -2.45. The van der Waals surface area contributed by atoms with E-state index in [0.717, 1.165) is 31.2 Å². The molecule has 0 bridgehead atoms. The van der Waals surface area contributed by atoms with Gasteiger partial charge in [-0.2, -0.15) is 18.1 Å². The fourth-order valence-corrected chi connectivity index (χ4v) is 4.74. The number of hydrogen-bond acceptors (Lipinski definition) is 5. The monoisotopic (exact) mass is 495 g/mol. The van der Waals surface area contributed by atoms with Crippen LogP contribution in [0.5, 0.6) is 0 Å². The van der Waals surface area contributed by atoms with Crippen molar-refractivity contribution < 1.29 is 42.4 Å². The molecule has 0 aliphatic heterocycles. The van der Waals surface area contributed by atoms with E-state index in [-0.39, 0.29) is 24.8 Å². The molecule has 0 radical (unpaired) electrons. The highest BCUT2D eigenvalue weighted by molar-refractivity contribution is 7.38. The molecule has 6 N–H and O–H groups in total. The third-order valence-electron chi connectivity index (χ3n) is 5.38. The molecule has 1 aliphatic carbocycles. The van der Waals surface area contributed by atoms with Crippen LogP contribution in [0.15, 0.2) is 30.3 Å². The van der Waals surface area contributed by atoms with Crippen LogP contribution < -0.4 is 11.1 Å². The van der Waals surface area contributed by atoms with Crippen LogP contribution in [0, 0.1) is 5.92 Å². The molecule has 12 heteroatoms. The van der Waals surface area contributed by atoms with Crippen LogP contribution in [0.3, 0.4) is 0 Å². The normalized spacial score (nSPS) is 17.7. The summed E-state index contributed by atoms with van der Waals surface area (Å²) in [5, 5.41) is 20.0. The SMILES string of the molecule is N[C@@H](Cc1ccccc1)C(=O)NC[C@H](O)CC(C1CCCCC1)[P+](=O)O.O=C(O)C(F)(F)F. The van der Waals surface area contributed by atoms with Gasteiger partial charge >= 0.3 is 20.2 Å². The Morgan fingerprint density at radius 1 is 1.15 bits per heavy atom. The van der Waals surface area contributed by atoms with Gasteiger partial charge in [0.1, 0.15) is 0 Å². The second kappa shape index (κ2) is 14.2. The number of carbonyl (C=O) groups is 2. The Labute approximate surface area is 191 Å². The Morgan fingerprint density at radius 3 is 2.18 bits per heavy atom. The number of carboxylic acids is 1. The number of hydrogen-bond donors (Lipinski definition) is 5. The number of rotatable bonds is 9. The molecule has 1 aromatic carbocycles. The van der Waals surface area contributed by atoms with Gasteiger partial charge in [-0.3, -0.25) is 4.79 Å². The summed E-state index contributed by atoms with van der Waals surface area (Å²) in [7, 11) is -2.34. The van der Waals surface area contributed by atoms with Gasteiger partial charge in [0.2, 0.25) is 5.91 Å². The fourth-order valence-electron chi connectivity index (χ4n) is 3.65. The van der Waals surface area contributed by atoms with Gasteiger partial charge in [0.15, 0.2) is 5.66 Å². The minimum Gasteiger partial charge on any atom is -0.475 e. The van der Waals surface area contributed by atoms with Crippen molar-refractivity contribution in [1.29, 1.82) is 0 Å². The number of aliphatic carboxylic acids is 1. The molecular weight excluding hydrogens is 464 g/mol. The van der Waals surface area contributed by atoms with E-state index in [1.54, 1.807) is 0 Å². The first-order valence-corrected chi connectivity index (χ1v) is 11.9. The Hall–Kier alpha value is -2.07. The summed E-state index contributed by atoms with van der Waals surface area (Å²) in [5.74, 6) is -2.90. The number of aliphatic hydroxyl groups is 1. The van der Waals surface area contributed by atoms with E-state index in [2.05, 4.69) is 5.32 Å². The lowest BCUT2D eigenvalue weighted by atomic mass is 9.85. The van der Waals surface area contributed by atoms with Gasteiger partial charge in [-0.15, -0.1) is 0 Å². The lowest BCUT2D eigenvalue weighted by molar-refractivity contribution is -0.192. The lowest BCUT2D eigenvalue weighted by Gasteiger charge is -2.24. The molecule has 0 spiro atoms. The van der Waals surface area contributed by atoms with Crippen molar-refractivity contribution >= 4 is 19.9 Å². The molecule has 1 aliphatic rings. The average Bonchev–Trinajstić information content (AvgIpc) is 2.76. The van der Waals surface area contributed by atoms with Crippen LogP contribution >= 0.6 is 8.03 Å². The Balaban J connectivity index is 0.000000675. The number of carbonyl (C=O) groups excluding carboxylic acids is 1. The van der Waals surface area contributed by atoms with Crippen LogP contribution in [-0.4, -0.2) is 57.5 Å². The molecule has 2 rings (SSSR count). The van der Waals surface area contributed by atoms with Gasteiger partial charge in [0.25, 0.3) is 0 Å². The van der Waals surface area contributed by atoms with E-state index >= 15 is 0 Å². The molecule has 1 aromatic rings. The minimum atomic E-state index is -5.08. The first-order valence-electron chi connectivity index (χ1n) is 10.6. The van der Waals surface area contributed by atoms with Gasteiger partial charge in [0, 0.05) is 18.9 Å². The molecule has 4 atom stereocenters. The first-order chi connectivity index (χ1) is 15.4. The number of alkyl halides is 3. The topological polar surface area (TPSA) is 150 Å². The minimum absolute atomic E-state index is 0.0493. The summed E-state index contributed by atoms with van der Waals surface area (Å²) >= 11 is 0. The van der Waals surface area contributed by atoms with Gasteiger partial charge in [0.05, 0.1) is 12.1 Å². The molecule has 8 nitrogen and oxygen atoms in total. The van der Waals surface area contributed by atoms with Crippen LogP contribution in [0.1, 0.15) is 44.1 Å². The van der Waals surface area contributed by atoms with Crippen molar-refractivity contribution in [1.82, 2.24) is 5.32 Å². The van der Waals surface area contributed by atoms with E-state index in [4.69, 9.17) is 15.6 Å². The van der Waals surface area contributed by atoms with Crippen molar-refractivity contribution in [3.05, 3.63) is 35.9 Å². The van der Waals surface area contributed by atoms with E-state index in [1.807, 2.05) is 30.3 Å². The number of nitrogens with two attached hydrogens (primary N) is 1. The maximum Gasteiger partial charge on any atom is 0.509 e. The molecule has 1 fully saturated rings. The van der Waals surface area contributed by atoms with Crippen LogP contribution in [0.4, 0.5) is 13.2 Å². The number of nitrogens with one attached hydrogen (secondary N) is 1. The molecule has 1 amide bonds. The third-order valence-corrected chi connectivity index (χ3v) is 6.58. The number of aliphatic hydroxyl groups excluding tert-OH is 1. The molecule has 33 heavy (non-hydrogen) atoms. The summed E-state index contributed by atoms with van der Waals surface area (Å²) in [6.07, 6.45) is -0.0809. The molecule has 0 aromatic heterocycles. The highest BCUT2D eigenvalue weighted by atomic mass is 31.1. The van der Waals surface area contributed by atoms with Gasteiger partial charge in [-0.1, -0.05) is 49.6 Å². The molecule has 0 heterocycles. The number of halogens is 3. The maximum absolute atomic E-state index is 12.1. The maximum atomic E-state index is 12.1. The Bertz CT molecular complexity index is 760. The predicted octanol–water partition coefficient (Wildman–Crippen LogP) is 2.74. The van der Waals surface area contributed by atoms with Crippen molar-refractivity contribution in [2.24, 2.45) is 11.7 Å². The second-order valence-corrected chi connectivity index (χ2v) is 9.27. The molecule has 1 saturated carbocycles. The predicted molar refractivity (Wildman–Crippen MR) is 116 cm³/mol. The summed E-state index contributed by atoms with van der Waals surface area (Å²) in [5.41, 5.74) is 6.49. The average molecular weight is 495 g/mol. The Morgan fingerprint density at radius 2 is 1.70 bits per heavy atom. The molecule has 2 unspecified atom stereocenters. The van der Waals surface area contributed by atoms with Crippen molar-refractivity contribution in [2.45, 2.75) is 68.9 Å². The van der Waals surface area contributed by atoms with E-state index in [1.165, 1.54) is 6.42 Å².